The Labute approximate surface area is 133 Å². The zero-order chi connectivity index (χ0) is 14.7. The highest BCUT2D eigenvalue weighted by atomic mass is 35.5. The summed E-state index contributed by atoms with van der Waals surface area (Å²) < 4.78 is 13.3. The summed E-state index contributed by atoms with van der Waals surface area (Å²) in [6.07, 6.45) is 3.27. The molecule has 3 rings (SSSR count). The van der Waals surface area contributed by atoms with E-state index in [4.69, 9.17) is 11.6 Å². The van der Waals surface area contributed by atoms with Crippen LogP contribution in [0.1, 0.15) is 12.0 Å². The fourth-order valence-corrected chi connectivity index (χ4v) is 3.62. The summed E-state index contributed by atoms with van der Waals surface area (Å²) in [6, 6.07) is 13.2. The minimum Gasteiger partial charge on any atom is -0.313 e. The lowest BCUT2D eigenvalue weighted by molar-refractivity contribution is 0.627. The van der Waals surface area contributed by atoms with Crippen molar-refractivity contribution in [2.45, 2.75) is 16.2 Å². The van der Waals surface area contributed by atoms with Crippen molar-refractivity contribution < 1.29 is 4.39 Å². The van der Waals surface area contributed by atoms with Crippen LogP contribution in [-0.4, -0.2) is 13.1 Å². The summed E-state index contributed by atoms with van der Waals surface area (Å²) in [7, 11) is 0. The van der Waals surface area contributed by atoms with E-state index >= 15 is 0 Å². The van der Waals surface area contributed by atoms with Gasteiger partial charge in [-0.3, -0.25) is 0 Å². The standard InChI is InChI=1S/C17H15ClFNS/c18-15-11-13(5-6-16(15)19)21-17-4-2-1-3-14(17)12-7-9-20-10-8-12/h1-7,11,20H,8-10H2. The SMILES string of the molecule is Fc1ccc(Sc2ccccc2C2=CCNCC2)cc1Cl. The van der Waals surface area contributed by atoms with Crippen LogP contribution in [0.5, 0.6) is 0 Å². The average molecular weight is 320 g/mol. The van der Waals surface area contributed by atoms with Gasteiger partial charge in [-0.2, -0.15) is 0 Å². The van der Waals surface area contributed by atoms with E-state index < -0.39 is 0 Å². The second kappa shape index (κ2) is 6.65. The summed E-state index contributed by atoms with van der Waals surface area (Å²) in [4.78, 5) is 2.12. The maximum Gasteiger partial charge on any atom is 0.141 e. The lowest BCUT2D eigenvalue weighted by atomic mass is 10.0. The molecule has 0 bridgehead atoms. The van der Waals surface area contributed by atoms with Crippen molar-refractivity contribution in [3.8, 4) is 0 Å². The molecule has 1 heterocycles. The summed E-state index contributed by atoms with van der Waals surface area (Å²) >= 11 is 7.48. The molecule has 0 radical (unpaired) electrons. The van der Waals surface area contributed by atoms with Gasteiger partial charge in [0.15, 0.2) is 0 Å². The van der Waals surface area contributed by atoms with Crippen LogP contribution in [0.25, 0.3) is 5.57 Å². The molecule has 0 saturated heterocycles. The first-order chi connectivity index (χ1) is 10.2. The smallest absolute Gasteiger partial charge is 0.141 e. The van der Waals surface area contributed by atoms with E-state index in [0.717, 1.165) is 24.4 Å². The minimum atomic E-state index is -0.379. The molecule has 0 fully saturated rings. The van der Waals surface area contributed by atoms with Gasteiger partial charge < -0.3 is 5.32 Å². The van der Waals surface area contributed by atoms with Gasteiger partial charge in [-0.15, -0.1) is 0 Å². The second-order valence-corrected chi connectivity index (χ2v) is 6.38. The highest BCUT2D eigenvalue weighted by Gasteiger charge is 2.11. The molecule has 0 amide bonds. The number of rotatable bonds is 3. The van der Waals surface area contributed by atoms with E-state index in [1.807, 2.05) is 6.07 Å². The third-order valence-corrected chi connectivity index (χ3v) is 4.77. The quantitative estimate of drug-likeness (QED) is 0.853. The Morgan fingerprint density at radius 2 is 2.00 bits per heavy atom. The number of hydrogen-bond acceptors (Lipinski definition) is 2. The molecule has 0 unspecified atom stereocenters. The van der Waals surface area contributed by atoms with Gasteiger partial charge in [0.2, 0.25) is 0 Å². The van der Waals surface area contributed by atoms with E-state index in [1.54, 1.807) is 23.9 Å². The van der Waals surface area contributed by atoms with Crippen LogP contribution in [0.3, 0.4) is 0 Å². The highest BCUT2D eigenvalue weighted by molar-refractivity contribution is 7.99. The first-order valence-corrected chi connectivity index (χ1v) is 8.05. The zero-order valence-electron chi connectivity index (χ0n) is 11.4. The topological polar surface area (TPSA) is 12.0 Å². The third-order valence-electron chi connectivity index (χ3n) is 3.42. The van der Waals surface area contributed by atoms with Crippen LogP contribution in [0.4, 0.5) is 4.39 Å². The molecule has 1 N–H and O–H groups in total. The molecule has 1 nitrogen and oxygen atoms in total. The van der Waals surface area contributed by atoms with Crippen molar-refractivity contribution in [3.63, 3.8) is 0 Å². The maximum atomic E-state index is 13.3. The van der Waals surface area contributed by atoms with Crippen LogP contribution in [0, 0.1) is 5.82 Å². The fraction of sp³-hybridized carbons (Fsp3) is 0.176. The van der Waals surface area contributed by atoms with E-state index in [-0.39, 0.29) is 10.8 Å². The molecule has 0 aromatic heterocycles. The number of hydrogen-bond donors (Lipinski definition) is 1. The Hall–Kier alpha value is -1.29. The van der Waals surface area contributed by atoms with E-state index in [9.17, 15) is 4.39 Å². The molecule has 1 aliphatic heterocycles. The number of halogens is 2. The molecule has 1 aliphatic rings. The predicted octanol–water partition coefficient (Wildman–Crippen LogP) is 5.01. The summed E-state index contributed by atoms with van der Waals surface area (Å²) in [5, 5.41) is 3.49. The Bertz CT molecular complexity index is 684. The van der Waals surface area contributed by atoms with Gasteiger partial charge in [-0.25, -0.2) is 4.39 Å². The second-order valence-electron chi connectivity index (χ2n) is 4.86. The Balaban J connectivity index is 1.91. The minimum absolute atomic E-state index is 0.165. The van der Waals surface area contributed by atoms with Crippen molar-refractivity contribution in [1.29, 1.82) is 0 Å². The lowest BCUT2D eigenvalue weighted by Crippen LogP contribution is -2.20. The first kappa shape index (κ1) is 14.6. The van der Waals surface area contributed by atoms with E-state index in [2.05, 4.69) is 29.6 Å². The third kappa shape index (κ3) is 3.49. The largest absolute Gasteiger partial charge is 0.313 e. The van der Waals surface area contributed by atoms with Gasteiger partial charge in [-0.1, -0.05) is 47.6 Å². The Kier molecular flexibility index (Phi) is 4.63. The number of nitrogens with one attached hydrogen (secondary N) is 1. The molecule has 0 saturated carbocycles. The summed E-state index contributed by atoms with van der Waals surface area (Å²) in [5.41, 5.74) is 2.62. The lowest BCUT2D eigenvalue weighted by Gasteiger charge is -2.17. The van der Waals surface area contributed by atoms with Crippen LogP contribution < -0.4 is 5.32 Å². The molecular weight excluding hydrogens is 305 g/mol. The normalized spacial score (nSPS) is 14.9. The summed E-state index contributed by atoms with van der Waals surface area (Å²) in [5.74, 6) is -0.379. The maximum absolute atomic E-state index is 13.3. The van der Waals surface area contributed by atoms with Gasteiger partial charge in [0.25, 0.3) is 0 Å². The average Bonchev–Trinajstić information content (AvgIpc) is 2.52. The Morgan fingerprint density at radius 1 is 1.14 bits per heavy atom. The molecule has 2 aromatic carbocycles. The van der Waals surface area contributed by atoms with E-state index in [1.165, 1.54) is 22.1 Å². The van der Waals surface area contributed by atoms with Crippen molar-refractivity contribution in [3.05, 3.63) is 64.9 Å². The molecule has 0 aliphatic carbocycles. The van der Waals surface area contributed by atoms with Crippen LogP contribution in [0.15, 0.2) is 58.3 Å². The molecule has 0 spiro atoms. The molecule has 0 atom stereocenters. The van der Waals surface area contributed by atoms with Crippen LogP contribution in [-0.2, 0) is 0 Å². The van der Waals surface area contributed by atoms with Crippen molar-refractivity contribution in [2.75, 3.05) is 13.1 Å². The summed E-state index contributed by atoms with van der Waals surface area (Å²) in [6.45, 7) is 1.92. The first-order valence-electron chi connectivity index (χ1n) is 6.86. The van der Waals surface area contributed by atoms with Crippen LogP contribution >= 0.6 is 23.4 Å². The van der Waals surface area contributed by atoms with Crippen molar-refractivity contribution >= 4 is 28.9 Å². The van der Waals surface area contributed by atoms with Gasteiger partial charge >= 0.3 is 0 Å². The van der Waals surface area contributed by atoms with Gasteiger partial charge in [0.1, 0.15) is 5.82 Å². The molecule has 4 heteroatoms. The van der Waals surface area contributed by atoms with Gasteiger partial charge in [-0.05, 0) is 48.4 Å². The van der Waals surface area contributed by atoms with Crippen LogP contribution in [0.2, 0.25) is 5.02 Å². The predicted molar refractivity (Wildman–Crippen MR) is 87.4 cm³/mol. The van der Waals surface area contributed by atoms with Gasteiger partial charge in [0, 0.05) is 16.3 Å². The van der Waals surface area contributed by atoms with E-state index in [0.29, 0.717) is 0 Å². The zero-order valence-corrected chi connectivity index (χ0v) is 13.0. The Morgan fingerprint density at radius 3 is 2.76 bits per heavy atom. The monoisotopic (exact) mass is 319 g/mol. The fourth-order valence-electron chi connectivity index (χ4n) is 2.36. The highest BCUT2D eigenvalue weighted by Crippen LogP contribution is 2.36. The number of benzene rings is 2. The molecule has 21 heavy (non-hydrogen) atoms. The molecular formula is C17H15ClFNS. The molecule has 108 valence electrons. The molecule has 2 aromatic rings. The van der Waals surface area contributed by atoms with Gasteiger partial charge in [0.05, 0.1) is 5.02 Å². The van der Waals surface area contributed by atoms with Crippen molar-refractivity contribution in [2.24, 2.45) is 0 Å². The van der Waals surface area contributed by atoms with Crippen molar-refractivity contribution in [1.82, 2.24) is 5.32 Å².